The van der Waals surface area contributed by atoms with E-state index in [2.05, 4.69) is 12.3 Å². The van der Waals surface area contributed by atoms with Gasteiger partial charge in [-0.05, 0) is 24.8 Å². The summed E-state index contributed by atoms with van der Waals surface area (Å²) in [6, 6.07) is 9.67. The Morgan fingerprint density at radius 3 is 2.80 bits per heavy atom. The van der Waals surface area contributed by atoms with Crippen LogP contribution in [-0.4, -0.2) is 29.3 Å². The fraction of sp³-hybridized carbons (Fsp3) is 0.375. The summed E-state index contributed by atoms with van der Waals surface area (Å²) in [4.78, 5) is 13.6. The lowest BCUT2D eigenvalue weighted by Crippen LogP contribution is -2.26. The summed E-state index contributed by atoms with van der Waals surface area (Å²) in [5.41, 5.74) is 4.61. The number of nitrogens with zero attached hydrogens (tertiary/aromatic N) is 1. The molecule has 1 aromatic rings. The minimum Gasteiger partial charge on any atom is -0.447 e. The van der Waals surface area contributed by atoms with E-state index in [1.165, 1.54) is 0 Å². The van der Waals surface area contributed by atoms with Crippen LogP contribution in [0.2, 0.25) is 0 Å². The number of hydrogen-bond donors (Lipinski definition) is 1. The van der Waals surface area contributed by atoms with Crippen molar-refractivity contribution in [3.05, 3.63) is 53.9 Å². The average Bonchev–Trinajstić information content (AvgIpc) is 2.87. The third-order valence-corrected chi connectivity index (χ3v) is 3.37. The third-order valence-electron chi connectivity index (χ3n) is 3.37. The first-order valence-electron chi connectivity index (χ1n) is 6.78. The van der Waals surface area contributed by atoms with Crippen LogP contribution in [0.15, 0.2) is 48.3 Å². The molecule has 0 aromatic heterocycles. The Kier molecular flexibility index (Phi) is 4.99. The number of carbonyl (C=O) groups is 1. The number of unbranched alkanes of at least 4 members (excludes halogenated alkanes) is 1. The number of allylic oxidation sites excluding steroid dienone is 1. The predicted octanol–water partition coefficient (Wildman–Crippen LogP) is 3.01. The van der Waals surface area contributed by atoms with Gasteiger partial charge in [-0.25, -0.2) is 4.79 Å². The van der Waals surface area contributed by atoms with Gasteiger partial charge < -0.3 is 9.84 Å². The molecule has 1 saturated heterocycles. The van der Waals surface area contributed by atoms with Crippen molar-refractivity contribution in [2.24, 2.45) is 0 Å². The van der Waals surface area contributed by atoms with E-state index in [9.17, 15) is 4.79 Å². The van der Waals surface area contributed by atoms with Crippen LogP contribution in [0.4, 0.5) is 4.79 Å². The van der Waals surface area contributed by atoms with Crippen LogP contribution >= 0.6 is 0 Å². The van der Waals surface area contributed by atoms with Crippen molar-refractivity contribution in [3.63, 3.8) is 0 Å². The Bertz CT molecular complexity index is 506. The van der Waals surface area contributed by atoms with Crippen molar-refractivity contribution in [2.45, 2.75) is 25.3 Å². The zero-order valence-corrected chi connectivity index (χ0v) is 11.4. The van der Waals surface area contributed by atoms with E-state index >= 15 is 0 Å². The molecule has 1 fully saturated rings. The molecule has 0 bridgehead atoms. The highest BCUT2D eigenvalue weighted by Gasteiger charge is 2.36. The van der Waals surface area contributed by atoms with Crippen LogP contribution in [0.3, 0.4) is 0 Å². The van der Waals surface area contributed by atoms with Crippen molar-refractivity contribution < 1.29 is 14.6 Å². The second-order valence-electron chi connectivity index (χ2n) is 4.68. The number of hydrogen-bond acceptors (Lipinski definition) is 3. The van der Waals surface area contributed by atoms with Crippen LogP contribution in [0, 0.1) is 0 Å². The van der Waals surface area contributed by atoms with Gasteiger partial charge in [-0.1, -0.05) is 36.9 Å². The molecular weight excluding hydrogens is 254 g/mol. The molecular formula is C16H19NO3. The lowest BCUT2D eigenvalue weighted by molar-refractivity contribution is 0.163. The lowest BCUT2D eigenvalue weighted by atomic mass is 10.1. The summed E-state index contributed by atoms with van der Waals surface area (Å²) in [6.45, 7) is 4.16. The predicted molar refractivity (Wildman–Crippen MR) is 76.0 cm³/mol. The lowest BCUT2D eigenvalue weighted by Gasteiger charge is -2.23. The SMILES string of the molecule is C=C=C(CCCCO)N1C(=O)OC[C@H]1c1ccccc1. The summed E-state index contributed by atoms with van der Waals surface area (Å²) in [5, 5.41) is 8.85. The molecule has 0 spiro atoms. The number of rotatable bonds is 6. The highest BCUT2D eigenvalue weighted by molar-refractivity contribution is 5.73. The maximum absolute atomic E-state index is 12.0. The van der Waals surface area contributed by atoms with E-state index < -0.39 is 0 Å². The van der Waals surface area contributed by atoms with Crippen molar-refractivity contribution in [1.82, 2.24) is 4.90 Å². The van der Waals surface area contributed by atoms with Crippen molar-refractivity contribution in [1.29, 1.82) is 0 Å². The Morgan fingerprint density at radius 1 is 1.40 bits per heavy atom. The third kappa shape index (κ3) is 3.10. The first kappa shape index (κ1) is 14.4. The normalized spacial score (nSPS) is 17.8. The Morgan fingerprint density at radius 2 is 2.15 bits per heavy atom. The zero-order chi connectivity index (χ0) is 14.4. The number of amides is 1. The van der Waals surface area contributed by atoms with Gasteiger partial charge in [-0.3, -0.25) is 4.90 Å². The molecule has 4 heteroatoms. The monoisotopic (exact) mass is 273 g/mol. The van der Waals surface area contributed by atoms with Crippen molar-refractivity contribution >= 4 is 6.09 Å². The molecule has 0 saturated carbocycles. The first-order chi connectivity index (χ1) is 9.77. The standard InChI is InChI=1S/C16H19NO3/c1-2-14(10-6-7-11-18)17-15(12-20-16(17)19)13-8-4-3-5-9-13/h3-5,8-9,15,18H,1,6-7,10-12H2/t15-/m0/s1. The smallest absolute Gasteiger partial charge is 0.415 e. The molecule has 20 heavy (non-hydrogen) atoms. The van der Waals surface area contributed by atoms with Gasteiger partial charge in [0, 0.05) is 6.61 Å². The number of aliphatic hydroxyl groups is 1. The van der Waals surface area contributed by atoms with Gasteiger partial charge >= 0.3 is 6.09 Å². The Balaban J connectivity index is 2.17. The molecule has 2 rings (SSSR count). The molecule has 1 aromatic carbocycles. The van der Waals surface area contributed by atoms with E-state index in [0.717, 1.165) is 17.7 Å². The molecule has 1 aliphatic rings. The molecule has 1 aliphatic heterocycles. The van der Waals surface area contributed by atoms with Gasteiger partial charge in [0.1, 0.15) is 6.61 Å². The Hall–Kier alpha value is -2.03. The van der Waals surface area contributed by atoms with E-state index in [1.807, 2.05) is 30.3 Å². The molecule has 1 heterocycles. The molecule has 0 aliphatic carbocycles. The largest absolute Gasteiger partial charge is 0.447 e. The number of carbonyl (C=O) groups excluding carboxylic acids is 1. The van der Waals surface area contributed by atoms with Crippen LogP contribution in [0.1, 0.15) is 30.9 Å². The molecule has 1 amide bonds. The molecule has 106 valence electrons. The van der Waals surface area contributed by atoms with Gasteiger partial charge in [-0.15, -0.1) is 5.73 Å². The number of ether oxygens (including phenoxy) is 1. The van der Waals surface area contributed by atoms with Crippen LogP contribution in [0.25, 0.3) is 0 Å². The number of cyclic esters (lactones) is 1. The van der Waals surface area contributed by atoms with Crippen molar-refractivity contribution in [2.75, 3.05) is 13.2 Å². The van der Waals surface area contributed by atoms with Gasteiger partial charge in [0.2, 0.25) is 0 Å². The molecule has 0 radical (unpaired) electrons. The molecule has 0 unspecified atom stereocenters. The van der Waals surface area contributed by atoms with Crippen LogP contribution in [-0.2, 0) is 4.74 Å². The Labute approximate surface area is 119 Å². The average molecular weight is 273 g/mol. The summed E-state index contributed by atoms with van der Waals surface area (Å²) in [5.74, 6) is 0. The fourth-order valence-corrected chi connectivity index (χ4v) is 2.34. The summed E-state index contributed by atoms with van der Waals surface area (Å²) >= 11 is 0. The minimum atomic E-state index is -0.353. The fourth-order valence-electron chi connectivity index (χ4n) is 2.34. The second kappa shape index (κ2) is 6.94. The van der Waals surface area contributed by atoms with E-state index in [4.69, 9.17) is 9.84 Å². The molecule has 4 nitrogen and oxygen atoms in total. The van der Waals surface area contributed by atoms with Crippen LogP contribution in [0.5, 0.6) is 0 Å². The van der Waals surface area contributed by atoms with E-state index in [1.54, 1.807) is 4.90 Å². The maximum Gasteiger partial charge on any atom is 0.415 e. The summed E-state index contributed by atoms with van der Waals surface area (Å²) in [7, 11) is 0. The van der Waals surface area contributed by atoms with Gasteiger partial charge in [0.25, 0.3) is 0 Å². The first-order valence-corrected chi connectivity index (χ1v) is 6.78. The maximum atomic E-state index is 12.0. The quantitative estimate of drug-likeness (QED) is 0.640. The highest BCUT2D eigenvalue weighted by atomic mass is 16.6. The highest BCUT2D eigenvalue weighted by Crippen LogP contribution is 2.32. The number of aliphatic hydroxyl groups excluding tert-OH is 1. The van der Waals surface area contributed by atoms with Gasteiger partial charge in [-0.2, -0.15) is 0 Å². The summed E-state index contributed by atoms with van der Waals surface area (Å²) < 4.78 is 5.17. The topological polar surface area (TPSA) is 49.8 Å². The van der Waals surface area contributed by atoms with E-state index in [-0.39, 0.29) is 18.7 Å². The molecule has 1 N–H and O–H groups in total. The zero-order valence-electron chi connectivity index (χ0n) is 11.4. The number of benzene rings is 1. The van der Waals surface area contributed by atoms with E-state index in [0.29, 0.717) is 19.4 Å². The van der Waals surface area contributed by atoms with Gasteiger partial charge in [0.05, 0.1) is 11.7 Å². The van der Waals surface area contributed by atoms with Crippen LogP contribution < -0.4 is 0 Å². The van der Waals surface area contributed by atoms with Crippen molar-refractivity contribution in [3.8, 4) is 0 Å². The van der Waals surface area contributed by atoms with Gasteiger partial charge in [0.15, 0.2) is 0 Å². The minimum absolute atomic E-state index is 0.123. The second-order valence-corrected chi connectivity index (χ2v) is 4.68. The molecule has 1 atom stereocenters. The summed E-state index contributed by atoms with van der Waals surface area (Å²) in [6.07, 6.45) is 1.79.